The molecule has 0 aliphatic carbocycles. The molecule has 0 radical (unpaired) electrons. The van der Waals surface area contributed by atoms with E-state index in [1.54, 1.807) is 0 Å². The first-order valence-corrected chi connectivity index (χ1v) is 19.2. The zero-order chi connectivity index (χ0) is 37.7. The number of benzene rings is 9. The second-order valence-electron chi connectivity index (χ2n) is 14.3. The summed E-state index contributed by atoms with van der Waals surface area (Å²) in [6.45, 7) is 0. The first-order chi connectivity index (χ1) is 28.2. The van der Waals surface area contributed by atoms with Gasteiger partial charge >= 0.3 is 0 Å². The molecule has 0 spiro atoms. The third-order valence-electron chi connectivity index (χ3n) is 10.9. The van der Waals surface area contributed by atoms with Crippen LogP contribution in [0, 0.1) is 0 Å². The summed E-state index contributed by atoms with van der Waals surface area (Å²) in [5.41, 5.74) is 14.6. The number of hydrogen-bond acceptors (Lipinski definition) is 4. The lowest BCUT2D eigenvalue weighted by atomic mass is 9.91. The van der Waals surface area contributed by atoms with Crippen molar-refractivity contribution in [3.05, 3.63) is 200 Å². The zero-order valence-electron chi connectivity index (χ0n) is 30.8. The predicted molar refractivity (Wildman–Crippen MR) is 235 cm³/mol. The van der Waals surface area contributed by atoms with Gasteiger partial charge in [-0.15, -0.1) is 0 Å². The van der Waals surface area contributed by atoms with E-state index in [-0.39, 0.29) is 0 Å². The van der Waals surface area contributed by atoms with Gasteiger partial charge in [0.05, 0.1) is 22.4 Å². The van der Waals surface area contributed by atoms with E-state index in [0.29, 0.717) is 5.89 Å². The molecule has 57 heavy (non-hydrogen) atoms. The molecule has 4 nitrogen and oxygen atoms in total. The van der Waals surface area contributed by atoms with Gasteiger partial charge in [-0.3, -0.25) is 0 Å². The molecule has 0 fully saturated rings. The number of hydrogen-bond donors (Lipinski definition) is 0. The van der Waals surface area contributed by atoms with Crippen molar-refractivity contribution in [3.63, 3.8) is 0 Å². The van der Waals surface area contributed by atoms with Gasteiger partial charge in [0.1, 0.15) is 5.52 Å². The summed E-state index contributed by atoms with van der Waals surface area (Å²) in [5, 5.41) is 4.74. The van der Waals surface area contributed by atoms with Crippen molar-refractivity contribution in [2.75, 3.05) is 0 Å². The van der Waals surface area contributed by atoms with Crippen LogP contribution >= 0.6 is 0 Å². The second kappa shape index (κ2) is 13.6. The van der Waals surface area contributed by atoms with Crippen LogP contribution in [0.2, 0.25) is 0 Å². The number of para-hydroxylation sites is 2. The Morgan fingerprint density at radius 2 is 0.754 bits per heavy atom. The van der Waals surface area contributed by atoms with E-state index in [2.05, 4.69) is 175 Å². The van der Waals surface area contributed by atoms with Crippen LogP contribution in [0.15, 0.2) is 205 Å². The van der Waals surface area contributed by atoms with Crippen LogP contribution in [0.25, 0.3) is 111 Å². The maximum atomic E-state index is 6.03. The zero-order valence-corrected chi connectivity index (χ0v) is 30.8. The predicted octanol–water partition coefficient (Wildman–Crippen LogP) is 14.1. The fourth-order valence-electron chi connectivity index (χ4n) is 8.11. The number of aromatic nitrogens is 3. The van der Waals surface area contributed by atoms with Crippen LogP contribution in [-0.4, -0.2) is 15.0 Å². The topological polar surface area (TPSA) is 51.8 Å². The van der Waals surface area contributed by atoms with Crippen molar-refractivity contribution in [3.8, 4) is 67.3 Å². The van der Waals surface area contributed by atoms with Crippen LogP contribution in [0.3, 0.4) is 0 Å². The van der Waals surface area contributed by atoms with Crippen molar-refractivity contribution < 1.29 is 4.42 Å². The molecule has 266 valence electrons. The highest BCUT2D eigenvalue weighted by Crippen LogP contribution is 2.42. The lowest BCUT2D eigenvalue weighted by Gasteiger charge is -2.17. The van der Waals surface area contributed by atoms with Crippen LogP contribution in [-0.2, 0) is 0 Å². The Bertz CT molecular complexity index is 3230. The number of fused-ring (bicyclic) bond motifs is 4. The summed E-state index contributed by atoms with van der Waals surface area (Å²) in [6.07, 6.45) is 0. The number of oxazole rings is 1. The van der Waals surface area contributed by atoms with Gasteiger partial charge in [0.25, 0.3) is 0 Å². The van der Waals surface area contributed by atoms with Gasteiger partial charge in [-0.1, -0.05) is 176 Å². The lowest BCUT2D eigenvalue weighted by molar-refractivity contribution is 0.620. The Labute approximate surface area is 329 Å². The van der Waals surface area contributed by atoms with E-state index >= 15 is 0 Å². The maximum Gasteiger partial charge on any atom is 0.227 e. The van der Waals surface area contributed by atoms with Crippen LogP contribution in [0.5, 0.6) is 0 Å². The van der Waals surface area contributed by atoms with Gasteiger partial charge in [0.2, 0.25) is 5.89 Å². The molecule has 0 amide bonds. The third kappa shape index (κ3) is 5.74. The van der Waals surface area contributed by atoms with Gasteiger partial charge < -0.3 is 4.42 Å². The molecular weight excluding hydrogens is 695 g/mol. The molecule has 9 aromatic carbocycles. The standard InChI is InChI=1S/C53H33N3O/c1-2-14-38(15-3-1)49-50(39-28-24-34(25-29-39)35-26-30-40(31-27-35)53-54-47-22-8-9-23-48(47)57-53)56-52-46(44-21-11-17-37-13-5-7-19-42(37)44)33-32-45(51(52)55-49)43-20-10-16-36-12-4-6-18-41(36)43/h1-33H. The Morgan fingerprint density at radius 1 is 0.298 bits per heavy atom. The molecule has 0 aliphatic rings. The molecule has 0 saturated heterocycles. The monoisotopic (exact) mass is 727 g/mol. The van der Waals surface area contributed by atoms with Gasteiger partial charge in [-0.05, 0) is 68.1 Å². The van der Waals surface area contributed by atoms with Crippen molar-refractivity contribution in [2.45, 2.75) is 0 Å². The molecule has 11 rings (SSSR count). The number of nitrogens with zero attached hydrogens (tertiary/aromatic N) is 3. The van der Waals surface area contributed by atoms with E-state index in [9.17, 15) is 0 Å². The SMILES string of the molecule is c1ccc(-c2nc3c(-c4cccc5ccccc45)ccc(-c4cccc5ccccc45)c3nc2-c2ccc(-c3ccc(-c4nc5ccccc5o4)cc3)cc2)cc1. The molecule has 0 aliphatic heterocycles. The summed E-state index contributed by atoms with van der Waals surface area (Å²) >= 11 is 0. The molecular formula is C53H33N3O. The minimum atomic E-state index is 0.618. The molecule has 11 aromatic rings. The minimum Gasteiger partial charge on any atom is -0.436 e. The molecule has 0 saturated carbocycles. The van der Waals surface area contributed by atoms with E-state index in [4.69, 9.17) is 14.4 Å². The molecule has 0 N–H and O–H groups in total. The summed E-state index contributed by atoms with van der Waals surface area (Å²) in [7, 11) is 0. The van der Waals surface area contributed by atoms with E-state index in [0.717, 1.165) is 83.6 Å². The van der Waals surface area contributed by atoms with Crippen molar-refractivity contribution in [1.82, 2.24) is 15.0 Å². The van der Waals surface area contributed by atoms with Crippen LogP contribution in [0.1, 0.15) is 0 Å². The third-order valence-corrected chi connectivity index (χ3v) is 10.9. The average Bonchev–Trinajstić information content (AvgIpc) is 3.73. The van der Waals surface area contributed by atoms with Gasteiger partial charge in [-0.25, -0.2) is 15.0 Å². The summed E-state index contributed by atoms with van der Waals surface area (Å²) < 4.78 is 6.03. The Morgan fingerprint density at radius 3 is 1.33 bits per heavy atom. The van der Waals surface area contributed by atoms with E-state index in [1.165, 1.54) is 21.5 Å². The first-order valence-electron chi connectivity index (χ1n) is 19.2. The maximum absolute atomic E-state index is 6.03. The molecule has 2 heterocycles. The quantitative estimate of drug-likeness (QED) is 0.171. The average molecular weight is 728 g/mol. The smallest absolute Gasteiger partial charge is 0.227 e. The molecule has 0 atom stereocenters. The van der Waals surface area contributed by atoms with Gasteiger partial charge in [0, 0.05) is 27.8 Å². The highest BCUT2D eigenvalue weighted by molar-refractivity contribution is 6.11. The Balaban J connectivity index is 1.09. The normalized spacial score (nSPS) is 11.5. The molecule has 0 bridgehead atoms. The van der Waals surface area contributed by atoms with Gasteiger partial charge in [-0.2, -0.15) is 0 Å². The first kappa shape index (κ1) is 32.7. The van der Waals surface area contributed by atoms with Crippen molar-refractivity contribution >= 4 is 43.7 Å². The van der Waals surface area contributed by atoms with Gasteiger partial charge in [0.15, 0.2) is 5.58 Å². The molecule has 0 unspecified atom stereocenters. The minimum absolute atomic E-state index is 0.618. The summed E-state index contributed by atoms with van der Waals surface area (Å²) in [5.74, 6) is 0.618. The Kier molecular flexibility index (Phi) is 7.78. The second-order valence-corrected chi connectivity index (χ2v) is 14.3. The fraction of sp³-hybridized carbons (Fsp3) is 0. The highest BCUT2D eigenvalue weighted by atomic mass is 16.3. The number of rotatable bonds is 6. The van der Waals surface area contributed by atoms with E-state index < -0.39 is 0 Å². The van der Waals surface area contributed by atoms with Crippen molar-refractivity contribution in [1.29, 1.82) is 0 Å². The Hall–Kier alpha value is -7.69. The van der Waals surface area contributed by atoms with E-state index in [1.807, 2.05) is 30.3 Å². The summed E-state index contributed by atoms with van der Waals surface area (Å²) in [6, 6.07) is 69.9. The highest BCUT2D eigenvalue weighted by Gasteiger charge is 2.21. The lowest BCUT2D eigenvalue weighted by Crippen LogP contribution is -1.99. The van der Waals surface area contributed by atoms with Crippen LogP contribution in [0.4, 0.5) is 0 Å². The summed E-state index contributed by atoms with van der Waals surface area (Å²) in [4.78, 5) is 16.0. The molecule has 4 heteroatoms. The molecule has 2 aromatic heterocycles. The van der Waals surface area contributed by atoms with Crippen molar-refractivity contribution in [2.24, 2.45) is 0 Å². The fourth-order valence-corrected chi connectivity index (χ4v) is 8.11. The van der Waals surface area contributed by atoms with Crippen LogP contribution < -0.4 is 0 Å². The largest absolute Gasteiger partial charge is 0.436 e.